The Morgan fingerprint density at radius 1 is 1.12 bits per heavy atom. The Bertz CT molecular complexity index is 798. The van der Waals surface area contributed by atoms with Gasteiger partial charge in [0.05, 0.1) is 12.8 Å². The quantitative estimate of drug-likeness (QED) is 0.828. The molecule has 0 saturated carbocycles. The molecule has 6 nitrogen and oxygen atoms in total. The molecule has 0 unspecified atom stereocenters. The SMILES string of the molecule is COc1ccccc1NC(=O)C1CCN(C(=O)c2cccc(N)c2)CC1. The number of nitrogen functional groups attached to an aromatic ring is 1. The fourth-order valence-corrected chi connectivity index (χ4v) is 3.18. The molecule has 0 spiro atoms. The molecular weight excluding hydrogens is 330 g/mol. The highest BCUT2D eigenvalue weighted by molar-refractivity contribution is 5.96. The average Bonchev–Trinajstić information content (AvgIpc) is 2.68. The van der Waals surface area contributed by atoms with Crippen LogP contribution < -0.4 is 15.8 Å². The largest absolute Gasteiger partial charge is 0.495 e. The van der Waals surface area contributed by atoms with Crippen molar-refractivity contribution < 1.29 is 14.3 Å². The lowest BCUT2D eigenvalue weighted by Gasteiger charge is -2.31. The molecular formula is C20H23N3O3. The molecule has 0 aromatic heterocycles. The van der Waals surface area contributed by atoms with Crippen molar-refractivity contribution in [2.24, 2.45) is 5.92 Å². The molecule has 0 bridgehead atoms. The Balaban J connectivity index is 1.58. The Hall–Kier alpha value is -3.02. The number of anilines is 2. The van der Waals surface area contributed by atoms with Gasteiger partial charge in [0.1, 0.15) is 5.75 Å². The van der Waals surface area contributed by atoms with E-state index in [2.05, 4.69) is 5.32 Å². The van der Waals surface area contributed by atoms with Gasteiger partial charge >= 0.3 is 0 Å². The molecule has 26 heavy (non-hydrogen) atoms. The number of carbonyl (C=O) groups is 2. The Morgan fingerprint density at radius 2 is 1.85 bits per heavy atom. The predicted molar refractivity (Wildman–Crippen MR) is 101 cm³/mol. The zero-order valence-electron chi connectivity index (χ0n) is 14.8. The number of benzene rings is 2. The van der Waals surface area contributed by atoms with Crippen molar-refractivity contribution in [3.8, 4) is 5.75 Å². The van der Waals surface area contributed by atoms with Crippen molar-refractivity contribution in [1.82, 2.24) is 4.90 Å². The summed E-state index contributed by atoms with van der Waals surface area (Å²) in [6, 6.07) is 14.3. The minimum Gasteiger partial charge on any atom is -0.495 e. The number of amides is 2. The summed E-state index contributed by atoms with van der Waals surface area (Å²) in [7, 11) is 1.57. The summed E-state index contributed by atoms with van der Waals surface area (Å²) >= 11 is 0. The third-order valence-corrected chi connectivity index (χ3v) is 4.65. The van der Waals surface area contributed by atoms with Gasteiger partial charge in [-0.25, -0.2) is 0 Å². The van der Waals surface area contributed by atoms with E-state index in [1.165, 1.54) is 0 Å². The monoisotopic (exact) mass is 353 g/mol. The van der Waals surface area contributed by atoms with Crippen LogP contribution in [0.5, 0.6) is 5.75 Å². The minimum atomic E-state index is -0.121. The van der Waals surface area contributed by atoms with E-state index >= 15 is 0 Å². The maximum Gasteiger partial charge on any atom is 0.253 e. The molecule has 136 valence electrons. The number of ether oxygens (including phenoxy) is 1. The Labute approximate surface area is 152 Å². The van der Waals surface area contributed by atoms with Crippen molar-refractivity contribution in [2.45, 2.75) is 12.8 Å². The summed E-state index contributed by atoms with van der Waals surface area (Å²) in [4.78, 5) is 26.9. The number of carbonyl (C=O) groups excluding carboxylic acids is 2. The minimum absolute atomic E-state index is 0.0365. The molecule has 1 saturated heterocycles. The lowest BCUT2D eigenvalue weighted by atomic mass is 9.95. The number of nitrogens with zero attached hydrogens (tertiary/aromatic N) is 1. The normalized spacial score (nSPS) is 14.7. The maximum absolute atomic E-state index is 12.6. The second-order valence-corrected chi connectivity index (χ2v) is 6.38. The molecule has 3 N–H and O–H groups in total. The van der Waals surface area contributed by atoms with Crippen LogP contribution in [0.2, 0.25) is 0 Å². The summed E-state index contributed by atoms with van der Waals surface area (Å²) < 4.78 is 5.26. The zero-order valence-corrected chi connectivity index (χ0v) is 14.8. The summed E-state index contributed by atoms with van der Waals surface area (Å²) in [6.07, 6.45) is 1.27. The number of likely N-dealkylation sites (tertiary alicyclic amines) is 1. The zero-order chi connectivity index (χ0) is 18.5. The van der Waals surface area contributed by atoms with Crippen LogP contribution >= 0.6 is 0 Å². The number of para-hydroxylation sites is 2. The van der Waals surface area contributed by atoms with E-state index in [1.807, 2.05) is 24.3 Å². The second kappa shape index (κ2) is 7.91. The van der Waals surface area contributed by atoms with Gasteiger partial charge in [-0.15, -0.1) is 0 Å². The Kier molecular flexibility index (Phi) is 5.41. The molecule has 1 aliphatic heterocycles. The van der Waals surface area contributed by atoms with E-state index in [0.717, 1.165) is 0 Å². The maximum atomic E-state index is 12.6. The van der Waals surface area contributed by atoms with Crippen molar-refractivity contribution >= 4 is 23.2 Å². The van der Waals surface area contributed by atoms with Gasteiger partial charge in [-0.05, 0) is 43.2 Å². The molecule has 2 aromatic carbocycles. The fraction of sp³-hybridized carbons (Fsp3) is 0.300. The van der Waals surface area contributed by atoms with Crippen LogP contribution in [0, 0.1) is 5.92 Å². The van der Waals surface area contributed by atoms with Crippen LogP contribution in [-0.2, 0) is 4.79 Å². The fourth-order valence-electron chi connectivity index (χ4n) is 3.18. The summed E-state index contributed by atoms with van der Waals surface area (Å²) in [5, 5.41) is 2.93. The highest BCUT2D eigenvalue weighted by Gasteiger charge is 2.28. The average molecular weight is 353 g/mol. The van der Waals surface area contributed by atoms with E-state index < -0.39 is 0 Å². The van der Waals surface area contributed by atoms with Crippen LogP contribution in [0.4, 0.5) is 11.4 Å². The van der Waals surface area contributed by atoms with Crippen LogP contribution in [0.3, 0.4) is 0 Å². The molecule has 3 rings (SSSR count). The molecule has 0 aliphatic carbocycles. The van der Waals surface area contributed by atoms with E-state index in [1.54, 1.807) is 36.3 Å². The van der Waals surface area contributed by atoms with Crippen LogP contribution in [0.15, 0.2) is 48.5 Å². The van der Waals surface area contributed by atoms with Gasteiger partial charge in [0.15, 0.2) is 0 Å². The van der Waals surface area contributed by atoms with Gasteiger partial charge in [-0.3, -0.25) is 9.59 Å². The molecule has 1 heterocycles. The molecule has 6 heteroatoms. The molecule has 2 amide bonds. The van der Waals surface area contributed by atoms with Crippen molar-refractivity contribution in [2.75, 3.05) is 31.2 Å². The molecule has 0 radical (unpaired) electrons. The van der Waals surface area contributed by atoms with Gasteiger partial charge in [0, 0.05) is 30.3 Å². The first-order chi connectivity index (χ1) is 12.6. The number of piperidine rings is 1. The van der Waals surface area contributed by atoms with Gasteiger partial charge in [-0.2, -0.15) is 0 Å². The van der Waals surface area contributed by atoms with E-state index in [-0.39, 0.29) is 17.7 Å². The number of rotatable bonds is 4. The van der Waals surface area contributed by atoms with Crippen molar-refractivity contribution in [1.29, 1.82) is 0 Å². The van der Waals surface area contributed by atoms with E-state index in [4.69, 9.17) is 10.5 Å². The molecule has 2 aromatic rings. The Morgan fingerprint density at radius 3 is 2.54 bits per heavy atom. The number of hydrogen-bond donors (Lipinski definition) is 2. The van der Waals surface area contributed by atoms with Gasteiger partial charge in [0.25, 0.3) is 5.91 Å². The summed E-state index contributed by atoms with van der Waals surface area (Å²) in [6.45, 7) is 1.11. The van der Waals surface area contributed by atoms with Gasteiger partial charge < -0.3 is 20.7 Å². The second-order valence-electron chi connectivity index (χ2n) is 6.38. The van der Waals surface area contributed by atoms with Crippen molar-refractivity contribution in [3.63, 3.8) is 0 Å². The first-order valence-corrected chi connectivity index (χ1v) is 8.67. The number of methoxy groups -OCH3 is 1. The third kappa shape index (κ3) is 3.96. The first kappa shape index (κ1) is 17.8. The standard InChI is InChI=1S/C20H23N3O3/c1-26-18-8-3-2-7-17(18)22-19(24)14-9-11-23(12-10-14)20(25)15-5-4-6-16(21)13-15/h2-8,13-14H,9-12,21H2,1H3,(H,22,24). The molecule has 1 aliphatic rings. The van der Waals surface area contributed by atoms with Crippen molar-refractivity contribution in [3.05, 3.63) is 54.1 Å². The van der Waals surface area contributed by atoms with Gasteiger partial charge in [-0.1, -0.05) is 18.2 Å². The topological polar surface area (TPSA) is 84.7 Å². The third-order valence-electron chi connectivity index (χ3n) is 4.65. The van der Waals surface area contributed by atoms with E-state index in [0.29, 0.717) is 48.6 Å². The highest BCUT2D eigenvalue weighted by Crippen LogP contribution is 2.26. The first-order valence-electron chi connectivity index (χ1n) is 8.67. The number of nitrogens with two attached hydrogens (primary N) is 1. The van der Waals surface area contributed by atoms with Crippen LogP contribution in [-0.4, -0.2) is 36.9 Å². The predicted octanol–water partition coefficient (Wildman–Crippen LogP) is 2.77. The van der Waals surface area contributed by atoms with Crippen LogP contribution in [0.1, 0.15) is 23.2 Å². The van der Waals surface area contributed by atoms with E-state index in [9.17, 15) is 9.59 Å². The van der Waals surface area contributed by atoms with Crippen LogP contribution in [0.25, 0.3) is 0 Å². The smallest absolute Gasteiger partial charge is 0.253 e. The lowest BCUT2D eigenvalue weighted by Crippen LogP contribution is -2.41. The molecule has 1 fully saturated rings. The summed E-state index contributed by atoms with van der Waals surface area (Å²) in [5.41, 5.74) is 7.57. The van der Waals surface area contributed by atoms with Gasteiger partial charge in [0.2, 0.25) is 5.91 Å². The highest BCUT2D eigenvalue weighted by atomic mass is 16.5. The number of hydrogen-bond acceptors (Lipinski definition) is 4. The summed E-state index contributed by atoms with van der Waals surface area (Å²) in [5.74, 6) is 0.436. The molecule has 0 atom stereocenters. The number of nitrogens with one attached hydrogen (secondary N) is 1. The lowest BCUT2D eigenvalue weighted by molar-refractivity contribution is -0.121.